The fourth-order valence-electron chi connectivity index (χ4n) is 2.38. The molecule has 0 radical (unpaired) electrons. The van der Waals surface area contributed by atoms with Gasteiger partial charge in [-0.15, -0.1) is 0 Å². The molecule has 0 aromatic heterocycles. The molecule has 1 fully saturated rings. The fraction of sp³-hybridized carbons (Fsp3) is 1.00. The number of hydrogen-bond acceptors (Lipinski definition) is 3. The number of ether oxygens (including phenoxy) is 1. The molecule has 0 bridgehead atoms. The summed E-state index contributed by atoms with van der Waals surface area (Å²) >= 11 is 0. The predicted molar refractivity (Wildman–Crippen MR) is 59.6 cm³/mol. The van der Waals surface area contributed by atoms with E-state index in [0.717, 1.165) is 6.42 Å². The third-order valence-electron chi connectivity index (χ3n) is 3.32. The molecule has 0 heterocycles. The van der Waals surface area contributed by atoms with Crippen LogP contribution in [-0.2, 0) is 4.74 Å². The molecule has 0 aliphatic heterocycles. The average Bonchev–Trinajstić information content (AvgIpc) is 2.26. The zero-order chi connectivity index (χ0) is 11.3. The first-order valence-corrected chi connectivity index (χ1v) is 6.05. The predicted octanol–water partition coefficient (Wildman–Crippen LogP) is 1.57. The van der Waals surface area contributed by atoms with Gasteiger partial charge < -0.3 is 14.9 Å². The highest BCUT2D eigenvalue weighted by Crippen LogP contribution is 2.32. The van der Waals surface area contributed by atoms with Crippen LogP contribution in [0.3, 0.4) is 0 Å². The Balaban J connectivity index is 2.36. The van der Waals surface area contributed by atoms with Crippen molar-refractivity contribution < 1.29 is 14.9 Å². The van der Waals surface area contributed by atoms with Gasteiger partial charge in [0.25, 0.3) is 0 Å². The minimum absolute atomic E-state index is 0.209. The van der Waals surface area contributed by atoms with Gasteiger partial charge in [-0.05, 0) is 24.7 Å². The van der Waals surface area contributed by atoms with Crippen molar-refractivity contribution in [3.8, 4) is 0 Å². The molecule has 3 heteroatoms. The van der Waals surface area contributed by atoms with Crippen LogP contribution in [0, 0.1) is 11.8 Å². The van der Waals surface area contributed by atoms with Gasteiger partial charge in [0.2, 0.25) is 0 Å². The number of rotatable bonds is 5. The van der Waals surface area contributed by atoms with Gasteiger partial charge in [0, 0.05) is 0 Å². The Morgan fingerprint density at radius 3 is 2.53 bits per heavy atom. The van der Waals surface area contributed by atoms with E-state index in [1.54, 1.807) is 0 Å². The van der Waals surface area contributed by atoms with Gasteiger partial charge >= 0.3 is 0 Å². The van der Waals surface area contributed by atoms with E-state index in [1.807, 2.05) is 0 Å². The Bertz CT molecular complexity index is 170. The third kappa shape index (κ3) is 4.09. The summed E-state index contributed by atoms with van der Waals surface area (Å²) in [5.41, 5.74) is 0. The van der Waals surface area contributed by atoms with Gasteiger partial charge in [-0.3, -0.25) is 0 Å². The van der Waals surface area contributed by atoms with E-state index in [1.165, 1.54) is 19.3 Å². The molecule has 90 valence electrons. The van der Waals surface area contributed by atoms with E-state index in [0.29, 0.717) is 11.8 Å². The van der Waals surface area contributed by atoms with Gasteiger partial charge in [0.05, 0.1) is 19.3 Å². The molecular formula is C12H24O3. The highest BCUT2D eigenvalue weighted by molar-refractivity contribution is 4.78. The molecule has 3 atom stereocenters. The highest BCUT2D eigenvalue weighted by atomic mass is 16.5. The summed E-state index contributed by atoms with van der Waals surface area (Å²) < 4.78 is 5.70. The topological polar surface area (TPSA) is 49.7 Å². The van der Waals surface area contributed by atoms with E-state index in [2.05, 4.69) is 13.8 Å². The van der Waals surface area contributed by atoms with Crippen LogP contribution in [0.15, 0.2) is 0 Å². The van der Waals surface area contributed by atoms with Crippen molar-refractivity contribution in [2.45, 2.75) is 51.7 Å². The van der Waals surface area contributed by atoms with E-state index in [9.17, 15) is 5.11 Å². The first kappa shape index (κ1) is 12.9. The van der Waals surface area contributed by atoms with Crippen molar-refractivity contribution >= 4 is 0 Å². The van der Waals surface area contributed by atoms with Gasteiger partial charge in [-0.1, -0.05) is 26.7 Å². The Morgan fingerprint density at radius 1 is 1.27 bits per heavy atom. The summed E-state index contributed by atoms with van der Waals surface area (Å²) in [6.07, 6.45) is 4.41. The first-order chi connectivity index (χ1) is 7.15. The zero-order valence-corrected chi connectivity index (χ0v) is 9.85. The monoisotopic (exact) mass is 216 g/mol. The van der Waals surface area contributed by atoms with Crippen molar-refractivity contribution in [2.75, 3.05) is 13.2 Å². The lowest BCUT2D eigenvalue weighted by atomic mass is 9.79. The van der Waals surface area contributed by atoms with Crippen LogP contribution in [0.25, 0.3) is 0 Å². The highest BCUT2D eigenvalue weighted by Gasteiger charge is 2.28. The number of aliphatic hydroxyl groups excluding tert-OH is 2. The molecule has 15 heavy (non-hydrogen) atoms. The summed E-state index contributed by atoms with van der Waals surface area (Å²) in [7, 11) is 0. The van der Waals surface area contributed by atoms with Gasteiger partial charge in [0.1, 0.15) is 6.10 Å². The smallest absolute Gasteiger partial charge is 0.100 e. The molecule has 1 aliphatic carbocycles. The largest absolute Gasteiger partial charge is 0.394 e. The second-order valence-electron chi connectivity index (χ2n) is 4.90. The van der Waals surface area contributed by atoms with Crippen molar-refractivity contribution in [3.63, 3.8) is 0 Å². The summed E-state index contributed by atoms with van der Waals surface area (Å²) in [5, 5.41) is 17.9. The molecule has 0 saturated heterocycles. The lowest BCUT2D eigenvalue weighted by Gasteiger charge is -2.34. The number of aliphatic hydroxyl groups is 2. The van der Waals surface area contributed by atoms with E-state index in [-0.39, 0.29) is 19.3 Å². The van der Waals surface area contributed by atoms with Gasteiger partial charge in [-0.2, -0.15) is 0 Å². The van der Waals surface area contributed by atoms with Crippen LogP contribution in [0.1, 0.15) is 39.5 Å². The molecule has 0 aromatic carbocycles. The van der Waals surface area contributed by atoms with Crippen molar-refractivity contribution in [1.82, 2.24) is 0 Å². The zero-order valence-electron chi connectivity index (χ0n) is 9.85. The number of hydrogen-bond donors (Lipinski definition) is 2. The lowest BCUT2D eigenvalue weighted by Crippen LogP contribution is -2.34. The third-order valence-corrected chi connectivity index (χ3v) is 3.32. The van der Waals surface area contributed by atoms with Crippen molar-refractivity contribution in [2.24, 2.45) is 11.8 Å². The second-order valence-corrected chi connectivity index (χ2v) is 4.90. The van der Waals surface area contributed by atoms with E-state index in [4.69, 9.17) is 9.84 Å². The summed E-state index contributed by atoms with van der Waals surface area (Å²) in [4.78, 5) is 0. The molecule has 0 aromatic rings. The first-order valence-electron chi connectivity index (χ1n) is 6.05. The van der Waals surface area contributed by atoms with Crippen LogP contribution >= 0.6 is 0 Å². The van der Waals surface area contributed by atoms with Gasteiger partial charge in [0.15, 0.2) is 0 Å². The standard InChI is InChI=1S/C12H24O3/c1-9(2)11-5-3-4-6-12(11)15-8-10(14)7-13/h9-14H,3-8H2,1-2H3. The van der Waals surface area contributed by atoms with E-state index >= 15 is 0 Å². The SMILES string of the molecule is CC(C)C1CCCCC1OCC(O)CO. The molecule has 1 aliphatic rings. The Kier molecular flexibility index (Phi) is 5.58. The summed E-state index contributed by atoms with van der Waals surface area (Å²) in [5.74, 6) is 1.26. The van der Waals surface area contributed by atoms with Gasteiger partial charge in [-0.25, -0.2) is 0 Å². The minimum atomic E-state index is -0.722. The molecule has 3 nitrogen and oxygen atoms in total. The lowest BCUT2D eigenvalue weighted by molar-refractivity contribution is -0.0699. The summed E-state index contributed by atoms with van der Waals surface area (Å²) in [6, 6.07) is 0. The maximum Gasteiger partial charge on any atom is 0.100 e. The average molecular weight is 216 g/mol. The van der Waals surface area contributed by atoms with Crippen LogP contribution in [0.5, 0.6) is 0 Å². The van der Waals surface area contributed by atoms with Crippen molar-refractivity contribution in [1.29, 1.82) is 0 Å². The van der Waals surface area contributed by atoms with E-state index < -0.39 is 6.10 Å². The van der Waals surface area contributed by atoms with Crippen molar-refractivity contribution in [3.05, 3.63) is 0 Å². The maximum atomic E-state index is 9.24. The Hall–Kier alpha value is -0.120. The summed E-state index contributed by atoms with van der Waals surface area (Å²) in [6.45, 7) is 4.52. The molecule has 0 spiro atoms. The molecule has 1 rings (SSSR count). The maximum absolute atomic E-state index is 9.24. The second kappa shape index (κ2) is 6.46. The van der Waals surface area contributed by atoms with Crippen LogP contribution < -0.4 is 0 Å². The molecule has 3 unspecified atom stereocenters. The Morgan fingerprint density at radius 2 is 1.93 bits per heavy atom. The molecular weight excluding hydrogens is 192 g/mol. The normalized spacial score (nSPS) is 29.4. The van der Waals surface area contributed by atoms with Crippen LogP contribution in [-0.4, -0.2) is 35.6 Å². The van der Waals surface area contributed by atoms with Crippen LogP contribution in [0.4, 0.5) is 0 Å². The van der Waals surface area contributed by atoms with Crippen LogP contribution in [0.2, 0.25) is 0 Å². The molecule has 0 amide bonds. The quantitative estimate of drug-likeness (QED) is 0.733. The Labute approximate surface area is 92.4 Å². The molecule has 1 saturated carbocycles. The minimum Gasteiger partial charge on any atom is -0.394 e. The fourth-order valence-corrected chi connectivity index (χ4v) is 2.38. The molecule has 2 N–H and O–H groups in total.